The number of esters is 1. The highest BCUT2D eigenvalue weighted by Gasteiger charge is 2.28. The topological polar surface area (TPSA) is 70.3 Å². The van der Waals surface area contributed by atoms with E-state index in [0.29, 0.717) is 0 Å². The van der Waals surface area contributed by atoms with Crippen molar-refractivity contribution in [3.8, 4) is 0 Å². The van der Waals surface area contributed by atoms with Gasteiger partial charge in [-0.25, -0.2) is 9.59 Å². The van der Waals surface area contributed by atoms with E-state index in [0.717, 1.165) is 9.13 Å². The molecule has 0 aliphatic carbocycles. The number of ether oxygens (including phenoxy) is 1. The van der Waals surface area contributed by atoms with Crippen molar-refractivity contribution in [2.24, 2.45) is 14.1 Å². The Morgan fingerprint density at radius 3 is 2.43 bits per heavy atom. The number of fused-ring (bicyclic) bond motifs is 1. The fourth-order valence-corrected chi connectivity index (χ4v) is 1.51. The quantitative estimate of drug-likeness (QED) is 0.486. The summed E-state index contributed by atoms with van der Waals surface area (Å²) < 4.78 is 6.77. The summed E-state index contributed by atoms with van der Waals surface area (Å²) in [4.78, 5) is 34.1. The first-order chi connectivity index (χ1) is 6.54. The number of rotatable bonds is 0. The van der Waals surface area contributed by atoms with Gasteiger partial charge in [-0.2, -0.15) is 0 Å². The molecule has 6 heteroatoms. The normalized spacial score (nSPS) is 14.0. The van der Waals surface area contributed by atoms with Crippen molar-refractivity contribution in [3.63, 3.8) is 0 Å². The summed E-state index contributed by atoms with van der Waals surface area (Å²) in [6, 6.07) is 0. The molecule has 0 N–H and O–H groups in total. The van der Waals surface area contributed by atoms with Crippen molar-refractivity contribution in [3.05, 3.63) is 32.1 Å². The number of carbonyl (C=O) groups is 1. The van der Waals surface area contributed by atoms with Crippen molar-refractivity contribution in [2.45, 2.75) is 6.61 Å². The van der Waals surface area contributed by atoms with Crippen molar-refractivity contribution in [1.82, 2.24) is 9.13 Å². The molecule has 6 nitrogen and oxygen atoms in total. The third kappa shape index (κ3) is 0.876. The van der Waals surface area contributed by atoms with Crippen LogP contribution in [0, 0.1) is 0 Å². The molecule has 1 aliphatic rings. The van der Waals surface area contributed by atoms with Crippen LogP contribution < -0.4 is 11.2 Å². The molecule has 0 unspecified atom stereocenters. The fourth-order valence-electron chi connectivity index (χ4n) is 1.51. The number of hydrogen-bond acceptors (Lipinski definition) is 4. The lowest BCUT2D eigenvalue weighted by molar-refractivity contribution is 0.0527. The molecule has 0 saturated carbocycles. The van der Waals surface area contributed by atoms with E-state index in [2.05, 4.69) is 4.74 Å². The molecule has 74 valence electrons. The zero-order valence-corrected chi connectivity index (χ0v) is 7.73. The Kier molecular flexibility index (Phi) is 1.60. The van der Waals surface area contributed by atoms with Gasteiger partial charge in [0, 0.05) is 14.1 Å². The second kappa shape index (κ2) is 2.57. The molecule has 0 spiro atoms. The van der Waals surface area contributed by atoms with Crippen molar-refractivity contribution < 1.29 is 9.53 Å². The van der Waals surface area contributed by atoms with E-state index in [-0.39, 0.29) is 17.9 Å². The van der Waals surface area contributed by atoms with E-state index in [4.69, 9.17) is 0 Å². The summed E-state index contributed by atoms with van der Waals surface area (Å²) in [6.45, 7) is -0.0467. The molecular formula is C8H8N2O4. The first-order valence-electron chi connectivity index (χ1n) is 4.00. The molecule has 0 aromatic carbocycles. The van der Waals surface area contributed by atoms with E-state index in [1.54, 1.807) is 0 Å². The predicted molar refractivity (Wildman–Crippen MR) is 46.0 cm³/mol. The van der Waals surface area contributed by atoms with Crippen molar-refractivity contribution >= 4 is 5.97 Å². The Balaban J connectivity index is 2.99. The van der Waals surface area contributed by atoms with Crippen LogP contribution in [0.25, 0.3) is 0 Å². The molecule has 2 heterocycles. The third-order valence-corrected chi connectivity index (χ3v) is 2.30. The van der Waals surface area contributed by atoms with Gasteiger partial charge < -0.3 is 4.74 Å². The number of hydrogen-bond donors (Lipinski definition) is 0. The first-order valence-corrected chi connectivity index (χ1v) is 4.00. The van der Waals surface area contributed by atoms with Gasteiger partial charge in [0.15, 0.2) is 0 Å². The summed E-state index contributed by atoms with van der Waals surface area (Å²) in [5.41, 5.74) is -0.667. The smallest absolute Gasteiger partial charge is 0.356 e. The molecule has 0 saturated heterocycles. The average molecular weight is 196 g/mol. The summed E-state index contributed by atoms with van der Waals surface area (Å²) in [5.74, 6) is -0.614. The second-order valence-corrected chi connectivity index (χ2v) is 3.11. The van der Waals surface area contributed by atoms with Crippen LogP contribution in [0.3, 0.4) is 0 Å². The van der Waals surface area contributed by atoms with Crippen LogP contribution in [-0.4, -0.2) is 15.1 Å². The van der Waals surface area contributed by atoms with Gasteiger partial charge in [-0.1, -0.05) is 0 Å². The minimum absolute atomic E-state index is 0.0467. The number of cyclic esters (lactones) is 1. The van der Waals surface area contributed by atoms with Gasteiger partial charge in [0.2, 0.25) is 0 Å². The Labute approximate surface area is 78.3 Å². The largest absolute Gasteiger partial charge is 0.456 e. The van der Waals surface area contributed by atoms with Crippen molar-refractivity contribution in [1.29, 1.82) is 0 Å². The predicted octanol–water partition coefficient (Wildman–Crippen LogP) is -1.25. The molecule has 1 aliphatic heterocycles. The maximum atomic E-state index is 11.5. The molecular weight excluding hydrogens is 188 g/mol. The fraction of sp³-hybridized carbons (Fsp3) is 0.375. The maximum absolute atomic E-state index is 11.5. The zero-order valence-electron chi connectivity index (χ0n) is 7.73. The summed E-state index contributed by atoms with van der Waals surface area (Å²) >= 11 is 0. The lowest BCUT2D eigenvalue weighted by atomic mass is 10.2. The van der Waals surface area contributed by atoms with Gasteiger partial charge in [-0.3, -0.25) is 13.9 Å². The molecule has 0 bridgehead atoms. The molecule has 0 radical (unpaired) electrons. The SMILES string of the molecule is Cn1c2c(c(=O)n(C)c1=O)COC2=O. The van der Waals surface area contributed by atoms with Crippen molar-refractivity contribution in [2.75, 3.05) is 0 Å². The Hall–Kier alpha value is -1.85. The van der Waals surface area contributed by atoms with E-state index < -0.39 is 17.2 Å². The van der Waals surface area contributed by atoms with Gasteiger partial charge in [0.05, 0.1) is 5.56 Å². The molecule has 14 heavy (non-hydrogen) atoms. The second-order valence-electron chi connectivity index (χ2n) is 3.11. The van der Waals surface area contributed by atoms with Crippen LogP contribution in [0.1, 0.15) is 16.1 Å². The van der Waals surface area contributed by atoms with Crippen LogP contribution in [0.15, 0.2) is 9.59 Å². The number of carbonyl (C=O) groups excluding carboxylic acids is 1. The van der Waals surface area contributed by atoms with E-state index in [1.165, 1.54) is 14.1 Å². The minimum Gasteiger partial charge on any atom is -0.456 e. The van der Waals surface area contributed by atoms with Crippen LogP contribution >= 0.6 is 0 Å². The zero-order chi connectivity index (χ0) is 10.5. The molecule has 0 amide bonds. The minimum atomic E-state index is -0.614. The monoisotopic (exact) mass is 196 g/mol. The van der Waals surface area contributed by atoms with Crippen LogP contribution in [-0.2, 0) is 25.4 Å². The summed E-state index contributed by atoms with van der Waals surface area (Å²) in [5, 5.41) is 0. The highest BCUT2D eigenvalue weighted by atomic mass is 16.5. The van der Waals surface area contributed by atoms with Gasteiger partial charge >= 0.3 is 11.7 Å². The number of nitrogens with zero attached hydrogens (tertiary/aromatic N) is 2. The van der Waals surface area contributed by atoms with Gasteiger partial charge in [0.25, 0.3) is 5.56 Å². The third-order valence-electron chi connectivity index (χ3n) is 2.30. The van der Waals surface area contributed by atoms with Gasteiger partial charge in [0.1, 0.15) is 12.3 Å². The van der Waals surface area contributed by atoms with E-state index in [1.807, 2.05) is 0 Å². The highest BCUT2D eigenvalue weighted by molar-refractivity contribution is 5.91. The molecule has 1 aromatic rings. The Morgan fingerprint density at radius 1 is 1.14 bits per heavy atom. The van der Waals surface area contributed by atoms with Gasteiger partial charge in [-0.05, 0) is 0 Å². The Bertz CT molecular complexity index is 537. The first kappa shape index (κ1) is 8.74. The molecule has 0 atom stereocenters. The van der Waals surface area contributed by atoms with E-state index >= 15 is 0 Å². The standard InChI is InChI=1S/C8H8N2O4/c1-9-5-4(3-14-7(5)12)6(11)10(2)8(9)13/h3H2,1-2H3. The number of aromatic nitrogens is 2. The van der Waals surface area contributed by atoms with Crippen LogP contribution in [0.2, 0.25) is 0 Å². The lowest BCUT2D eigenvalue weighted by Crippen LogP contribution is -2.40. The molecule has 1 aromatic heterocycles. The highest BCUT2D eigenvalue weighted by Crippen LogP contribution is 2.12. The Morgan fingerprint density at radius 2 is 1.79 bits per heavy atom. The molecule has 0 fully saturated rings. The average Bonchev–Trinajstić information content (AvgIpc) is 2.54. The van der Waals surface area contributed by atoms with Crippen LogP contribution in [0.5, 0.6) is 0 Å². The molecule has 2 rings (SSSR count). The van der Waals surface area contributed by atoms with E-state index in [9.17, 15) is 14.4 Å². The lowest BCUT2D eigenvalue weighted by Gasteiger charge is -2.04. The maximum Gasteiger partial charge on any atom is 0.356 e. The van der Waals surface area contributed by atoms with Crippen LogP contribution in [0.4, 0.5) is 0 Å². The van der Waals surface area contributed by atoms with Gasteiger partial charge in [-0.15, -0.1) is 0 Å². The summed E-state index contributed by atoms with van der Waals surface area (Å²) in [6.07, 6.45) is 0. The summed E-state index contributed by atoms with van der Waals surface area (Å²) in [7, 11) is 2.81.